The van der Waals surface area contributed by atoms with E-state index in [1.165, 1.54) is 26.9 Å². The first-order chi connectivity index (χ1) is 27.8. The maximum absolute atomic E-state index is 6.91. The number of fused-ring (bicyclic) bond motifs is 11. The van der Waals surface area contributed by atoms with E-state index in [-0.39, 0.29) is 0 Å². The van der Waals surface area contributed by atoms with E-state index in [1.807, 2.05) is 18.2 Å². The van der Waals surface area contributed by atoms with E-state index >= 15 is 0 Å². The molecule has 0 aliphatic carbocycles. The number of para-hydroxylation sites is 5. The van der Waals surface area contributed by atoms with Crippen molar-refractivity contribution in [3.63, 3.8) is 0 Å². The molecule has 0 aliphatic rings. The first-order valence-corrected chi connectivity index (χ1v) is 19.0. The average Bonchev–Trinajstić information content (AvgIpc) is 3.94. The summed E-state index contributed by atoms with van der Waals surface area (Å²) in [6, 6.07) is 68.8. The summed E-state index contributed by atoms with van der Waals surface area (Å²) in [5.41, 5.74) is 10.9. The van der Waals surface area contributed by atoms with E-state index in [2.05, 4.69) is 185 Å². The molecule has 4 heteroatoms. The molecule has 3 aromatic heterocycles. The second kappa shape index (κ2) is 12.0. The Morgan fingerprint density at radius 2 is 1.09 bits per heavy atom. The van der Waals surface area contributed by atoms with Crippen molar-refractivity contribution in [2.24, 2.45) is 0 Å². The van der Waals surface area contributed by atoms with Crippen molar-refractivity contribution in [3.05, 3.63) is 194 Å². The normalized spacial score (nSPS) is 11.9. The highest BCUT2D eigenvalue weighted by Gasteiger charge is 2.23. The van der Waals surface area contributed by atoms with Gasteiger partial charge < -0.3 is 13.7 Å². The van der Waals surface area contributed by atoms with Gasteiger partial charge in [0, 0.05) is 44.2 Å². The summed E-state index contributed by atoms with van der Waals surface area (Å²) >= 11 is 0. The molecular weight excluding hydrogens is 685 g/mol. The van der Waals surface area contributed by atoms with Gasteiger partial charge in [0.2, 0.25) is 5.71 Å². The Balaban J connectivity index is 1.04. The lowest BCUT2D eigenvalue weighted by Crippen LogP contribution is -2.10. The molecule has 0 amide bonds. The number of nitrogens with zero attached hydrogens (tertiary/aromatic N) is 2. The Kier molecular flexibility index (Phi) is 6.60. The number of furan rings is 2. The first kappa shape index (κ1) is 30.9. The van der Waals surface area contributed by atoms with Crippen LogP contribution in [0.2, 0.25) is 0 Å². The number of rotatable bonds is 5. The smallest absolute Gasteiger partial charge is 0.213 e. The topological polar surface area (TPSA) is 34.5 Å². The van der Waals surface area contributed by atoms with Crippen LogP contribution in [0.15, 0.2) is 203 Å². The van der Waals surface area contributed by atoms with Crippen LogP contribution in [-0.2, 0) is 0 Å². The number of aromatic nitrogens is 1. The Morgan fingerprint density at radius 1 is 0.411 bits per heavy atom. The van der Waals surface area contributed by atoms with Crippen LogP contribution < -0.4 is 4.90 Å². The maximum Gasteiger partial charge on any atom is 0.213 e. The summed E-state index contributed by atoms with van der Waals surface area (Å²) in [5.74, 6) is 0. The second-order valence-corrected chi connectivity index (χ2v) is 14.5. The Labute approximate surface area is 321 Å². The highest BCUT2D eigenvalue weighted by Crippen LogP contribution is 2.45. The summed E-state index contributed by atoms with van der Waals surface area (Å²) in [7, 11) is 0. The molecular formula is C52H32N2O2. The van der Waals surface area contributed by atoms with E-state index < -0.39 is 0 Å². The third-order valence-corrected chi connectivity index (χ3v) is 11.4. The van der Waals surface area contributed by atoms with Crippen LogP contribution in [0, 0.1) is 0 Å². The molecule has 4 nitrogen and oxygen atoms in total. The van der Waals surface area contributed by atoms with E-state index in [4.69, 9.17) is 8.83 Å². The molecule has 9 aromatic carbocycles. The largest absolute Gasteiger partial charge is 0.454 e. The Morgan fingerprint density at radius 3 is 1.98 bits per heavy atom. The van der Waals surface area contributed by atoms with Gasteiger partial charge in [-0.25, -0.2) is 0 Å². The van der Waals surface area contributed by atoms with Gasteiger partial charge in [0.25, 0.3) is 0 Å². The van der Waals surface area contributed by atoms with Crippen LogP contribution in [0.3, 0.4) is 0 Å². The van der Waals surface area contributed by atoms with Crippen LogP contribution >= 0.6 is 0 Å². The fourth-order valence-electron chi connectivity index (χ4n) is 8.84. The third kappa shape index (κ3) is 4.53. The lowest BCUT2D eigenvalue weighted by molar-refractivity contribution is 0.646. The minimum atomic E-state index is 0.852. The quantitative estimate of drug-likeness (QED) is 0.166. The maximum atomic E-state index is 6.91. The molecule has 262 valence electrons. The third-order valence-electron chi connectivity index (χ3n) is 11.4. The molecule has 0 bridgehead atoms. The van der Waals surface area contributed by atoms with Crippen LogP contribution in [0.4, 0.5) is 17.1 Å². The lowest BCUT2D eigenvalue weighted by atomic mass is 10.00. The second-order valence-electron chi connectivity index (χ2n) is 14.5. The summed E-state index contributed by atoms with van der Waals surface area (Å²) in [4.78, 5) is 2.32. The van der Waals surface area contributed by atoms with E-state index in [0.717, 1.165) is 83.4 Å². The predicted octanol–water partition coefficient (Wildman–Crippen LogP) is 14.9. The highest BCUT2D eigenvalue weighted by atomic mass is 16.3. The standard InChI is InChI=1S/C52H32N2O2/c1-2-13-36(14-3-1)54-46-21-8-6-17-44(46)49-45-20-10-18-41(50(45)56-52(49)54)34-26-28-37(29-27-34)53(47-22-11-19-43-42-16-7-9-23-48(42)55-51(43)47)38-30-31-40-35(32-38)25-24-33-12-4-5-15-39(33)40/h1-32H. The minimum Gasteiger partial charge on any atom is -0.454 e. The number of hydrogen-bond donors (Lipinski definition) is 0. The zero-order valence-corrected chi connectivity index (χ0v) is 30.2. The number of anilines is 3. The zero-order chi connectivity index (χ0) is 36.7. The van der Waals surface area contributed by atoms with Crippen molar-refractivity contribution in [1.82, 2.24) is 4.57 Å². The van der Waals surface area contributed by atoms with E-state index in [0.29, 0.717) is 0 Å². The van der Waals surface area contributed by atoms with Crippen molar-refractivity contribution in [3.8, 4) is 16.8 Å². The van der Waals surface area contributed by atoms with Gasteiger partial charge >= 0.3 is 0 Å². The SMILES string of the molecule is c1ccc(-n2c3ccccc3c3c4cccc(-c5ccc(N(c6ccc7c(ccc8ccccc87)c6)c6cccc7c6oc6ccccc67)cc5)c4oc32)cc1. The molecule has 12 aromatic rings. The van der Waals surface area contributed by atoms with Gasteiger partial charge in [0.05, 0.1) is 16.6 Å². The van der Waals surface area contributed by atoms with Crippen LogP contribution in [0.5, 0.6) is 0 Å². The molecule has 0 N–H and O–H groups in total. The zero-order valence-electron chi connectivity index (χ0n) is 30.2. The molecule has 0 saturated carbocycles. The van der Waals surface area contributed by atoms with E-state index in [9.17, 15) is 0 Å². The molecule has 0 atom stereocenters. The fourth-order valence-corrected chi connectivity index (χ4v) is 8.84. The summed E-state index contributed by atoms with van der Waals surface area (Å²) in [6.45, 7) is 0. The predicted molar refractivity (Wildman–Crippen MR) is 233 cm³/mol. The molecule has 12 rings (SSSR count). The first-order valence-electron chi connectivity index (χ1n) is 19.0. The minimum absolute atomic E-state index is 0.852. The van der Waals surface area contributed by atoms with E-state index in [1.54, 1.807) is 0 Å². The Hall–Kier alpha value is -7.56. The summed E-state index contributed by atoms with van der Waals surface area (Å²) in [5, 5.41) is 10.5. The molecule has 0 spiro atoms. The van der Waals surface area contributed by atoms with Crippen molar-refractivity contribution in [2.45, 2.75) is 0 Å². The fraction of sp³-hybridized carbons (Fsp3) is 0. The molecule has 0 saturated heterocycles. The average molecular weight is 717 g/mol. The van der Waals surface area contributed by atoms with Crippen LogP contribution in [0.25, 0.3) is 93.3 Å². The van der Waals surface area contributed by atoms with Gasteiger partial charge in [0.1, 0.15) is 11.2 Å². The van der Waals surface area contributed by atoms with Gasteiger partial charge in [-0.05, 0) is 81.7 Å². The van der Waals surface area contributed by atoms with Crippen molar-refractivity contribution < 1.29 is 8.83 Å². The molecule has 0 aliphatic heterocycles. The van der Waals surface area contributed by atoms with Crippen LogP contribution in [-0.4, -0.2) is 4.57 Å². The lowest BCUT2D eigenvalue weighted by Gasteiger charge is -2.26. The number of hydrogen-bond acceptors (Lipinski definition) is 3. The summed E-state index contributed by atoms with van der Waals surface area (Å²) < 4.78 is 15.8. The Bertz CT molecular complexity index is 3480. The van der Waals surface area contributed by atoms with Gasteiger partial charge in [-0.2, -0.15) is 0 Å². The van der Waals surface area contributed by atoms with Crippen LogP contribution in [0.1, 0.15) is 0 Å². The van der Waals surface area contributed by atoms with Gasteiger partial charge in [-0.3, -0.25) is 4.57 Å². The summed E-state index contributed by atoms with van der Waals surface area (Å²) in [6.07, 6.45) is 0. The van der Waals surface area contributed by atoms with Crippen molar-refractivity contribution in [1.29, 1.82) is 0 Å². The number of benzene rings is 9. The van der Waals surface area contributed by atoms with Crippen molar-refractivity contribution in [2.75, 3.05) is 4.90 Å². The van der Waals surface area contributed by atoms with Gasteiger partial charge in [-0.1, -0.05) is 140 Å². The molecule has 0 radical (unpaired) electrons. The molecule has 3 heterocycles. The van der Waals surface area contributed by atoms with Gasteiger partial charge in [-0.15, -0.1) is 0 Å². The highest BCUT2D eigenvalue weighted by molar-refractivity contribution is 6.22. The molecule has 56 heavy (non-hydrogen) atoms. The van der Waals surface area contributed by atoms with Gasteiger partial charge in [0.15, 0.2) is 5.58 Å². The van der Waals surface area contributed by atoms with Crippen molar-refractivity contribution >= 4 is 93.5 Å². The monoisotopic (exact) mass is 716 g/mol. The molecule has 0 fully saturated rings. The molecule has 0 unspecified atom stereocenters.